The van der Waals surface area contributed by atoms with E-state index in [1.807, 2.05) is 24.1 Å². The largest absolute Gasteiger partial charge is 0.342 e. The number of piperidine rings is 1. The quantitative estimate of drug-likeness (QED) is 0.569. The highest BCUT2D eigenvalue weighted by molar-refractivity contribution is 5.78. The number of hydrogen-bond acceptors (Lipinski definition) is 3. The second kappa shape index (κ2) is 6.36. The number of rotatable bonds is 2. The summed E-state index contributed by atoms with van der Waals surface area (Å²) in [5.41, 5.74) is 1.64. The van der Waals surface area contributed by atoms with Gasteiger partial charge in [0.1, 0.15) is 5.82 Å². The van der Waals surface area contributed by atoms with E-state index < -0.39 is 22.2 Å². The molecule has 2 aromatic carbocycles. The van der Waals surface area contributed by atoms with Crippen molar-refractivity contribution in [1.82, 2.24) is 4.90 Å². The fourth-order valence-electron chi connectivity index (χ4n) is 4.85. The van der Waals surface area contributed by atoms with Gasteiger partial charge in [-0.05, 0) is 42.0 Å². The molecule has 0 radical (unpaired) electrons. The van der Waals surface area contributed by atoms with Crippen molar-refractivity contribution < 1.29 is 18.5 Å². The molecule has 1 aliphatic heterocycles. The Morgan fingerprint density at radius 3 is 2.64 bits per heavy atom. The summed E-state index contributed by atoms with van der Waals surface area (Å²) in [6, 6.07) is 7.14. The minimum absolute atomic E-state index is 0.00844. The van der Waals surface area contributed by atoms with E-state index in [1.165, 1.54) is 0 Å². The molecule has 1 aliphatic carbocycles. The molecular weight excluding hydrogens is 366 g/mol. The van der Waals surface area contributed by atoms with Crippen LogP contribution in [-0.4, -0.2) is 28.8 Å². The van der Waals surface area contributed by atoms with Crippen molar-refractivity contribution in [2.24, 2.45) is 0 Å². The van der Waals surface area contributed by atoms with Gasteiger partial charge in [-0.1, -0.05) is 25.1 Å². The van der Waals surface area contributed by atoms with Gasteiger partial charge >= 0.3 is 5.69 Å². The zero-order chi connectivity index (χ0) is 20.2. The lowest BCUT2D eigenvalue weighted by molar-refractivity contribution is -0.387. The van der Waals surface area contributed by atoms with Crippen LogP contribution in [0.25, 0.3) is 11.1 Å². The number of aryl methyl sites for hydroxylation is 1. The standard InChI is InChI=1S/C21H20F2N2O3/c1-21-8-7-20(26)24(2)19(21)6-4-13-9-12(3-5-15(13)21)14-10-17(23)18(25(27)28)11-16(14)22/h3,5,9-11,19H,4,6-8H2,1-2H3/t19-,21-/m1/s1. The fourth-order valence-corrected chi connectivity index (χ4v) is 4.85. The average Bonchev–Trinajstić information content (AvgIpc) is 2.66. The molecule has 0 N–H and O–H groups in total. The average molecular weight is 386 g/mol. The van der Waals surface area contributed by atoms with Crippen molar-refractivity contribution in [2.75, 3.05) is 7.05 Å². The van der Waals surface area contributed by atoms with Crippen LogP contribution in [0.5, 0.6) is 0 Å². The molecule has 1 amide bonds. The van der Waals surface area contributed by atoms with E-state index in [4.69, 9.17) is 0 Å². The summed E-state index contributed by atoms with van der Waals surface area (Å²) >= 11 is 0. The lowest BCUT2D eigenvalue weighted by Crippen LogP contribution is -2.56. The van der Waals surface area contributed by atoms with Gasteiger partial charge in [-0.3, -0.25) is 14.9 Å². The van der Waals surface area contributed by atoms with Gasteiger partial charge in [0.05, 0.1) is 11.0 Å². The first-order valence-corrected chi connectivity index (χ1v) is 9.25. The highest BCUT2D eigenvalue weighted by Crippen LogP contribution is 2.46. The molecule has 2 aromatic rings. The first-order valence-electron chi connectivity index (χ1n) is 9.25. The van der Waals surface area contributed by atoms with Crippen LogP contribution in [0.3, 0.4) is 0 Å². The lowest BCUT2D eigenvalue weighted by atomic mass is 9.63. The number of nitro benzene ring substituents is 1. The molecule has 0 aromatic heterocycles. The van der Waals surface area contributed by atoms with Crippen LogP contribution < -0.4 is 0 Å². The normalized spacial score (nSPS) is 23.9. The highest BCUT2D eigenvalue weighted by Gasteiger charge is 2.46. The Balaban J connectivity index is 1.77. The predicted octanol–water partition coefficient (Wildman–Crippen LogP) is 4.36. The third kappa shape index (κ3) is 2.68. The van der Waals surface area contributed by atoms with Crippen LogP contribution in [0.15, 0.2) is 30.3 Å². The number of amides is 1. The second-order valence-electron chi connectivity index (χ2n) is 7.89. The van der Waals surface area contributed by atoms with Crippen LogP contribution in [0.4, 0.5) is 14.5 Å². The molecule has 1 heterocycles. The number of hydrogen-bond donors (Lipinski definition) is 0. The van der Waals surface area contributed by atoms with Gasteiger partial charge in [0.15, 0.2) is 0 Å². The molecule has 0 unspecified atom stereocenters. The van der Waals surface area contributed by atoms with Gasteiger partial charge in [0.25, 0.3) is 0 Å². The molecule has 5 nitrogen and oxygen atoms in total. The van der Waals surface area contributed by atoms with E-state index in [-0.39, 0.29) is 22.9 Å². The van der Waals surface area contributed by atoms with Crippen molar-refractivity contribution in [3.05, 3.63) is 63.2 Å². The summed E-state index contributed by atoms with van der Waals surface area (Å²) in [6.45, 7) is 2.16. The van der Waals surface area contributed by atoms with Crippen LogP contribution in [0.2, 0.25) is 0 Å². The number of halogens is 2. The van der Waals surface area contributed by atoms with Crippen LogP contribution in [0, 0.1) is 21.7 Å². The van der Waals surface area contributed by atoms with Crippen molar-refractivity contribution in [2.45, 2.75) is 44.1 Å². The van der Waals surface area contributed by atoms with E-state index in [2.05, 4.69) is 6.92 Å². The van der Waals surface area contributed by atoms with Crippen LogP contribution in [0.1, 0.15) is 37.3 Å². The fraction of sp³-hybridized carbons (Fsp3) is 0.381. The van der Waals surface area contributed by atoms with E-state index in [1.54, 1.807) is 6.07 Å². The van der Waals surface area contributed by atoms with Crippen LogP contribution >= 0.6 is 0 Å². The Morgan fingerprint density at radius 2 is 1.93 bits per heavy atom. The summed E-state index contributed by atoms with van der Waals surface area (Å²) in [7, 11) is 1.85. The van der Waals surface area contributed by atoms with Gasteiger partial charge in [-0.25, -0.2) is 4.39 Å². The summed E-state index contributed by atoms with van der Waals surface area (Å²) in [4.78, 5) is 23.8. The molecule has 0 saturated carbocycles. The number of nitrogens with zero attached hydrogens (tertiary/aromatic N) is 2. The van der Waals surface area contributed by atoms with E-state index >= 15 is 0 Å². The van der Waals surface area contributed by atoms with Crippen molar-refractivity contribution >= 4 is 11.6 Å². The monoisotopic (exact) mass is 386 g/mol. The Morgan fingerprint density at radius 1 is 1.18 bits per heavy atom. The Labute approximate surface area is 161 Å². The number of carbonyl (C=O) groups is 1. The van der Waals surface area contributed by atoms with Gasteiger partial charge in [-0.2, -0.15) is 4.39 Å². The SMILES string of the molecule is CN1C(=O)CC[C@]2(C)c3ccc(-c4cc(F)c([N+](=O)[O-])cc4F)cc3CC[C@@H]12. The van der Waals surface area contributed by atoms with Crippen molar-refractivity contribution in [3.8, 4) is 11.1 Å². The Kier molecular flexibility index (Phi) is 4.21. The maximum atomic E-state index is 14.4. The summed E-state index contributed by atoms with van der Waals surface area (Å²) in [6.07, 6.45) is 2.80. The number of nitro groups is 1. The molecule has 28 heavy (non-hydrogen) atoms. The Hall–Kier alpha value is -2.83. The third-order valence-electron chi connectivity index (χ3n) is 6.41. The molecule has 2 aliphatic rings. The molecule has 146 valence electrons. The number of carbonyl (C=O) groups excluding carboxylic acids is 1. The minimum atomic E-state index is -1.06. The van der Waals surface area contributed by atoms with Crippen molar-refractivity contribution in [3.63, 3.8) is 0 Å². The molecule has 0 bridgehead atoms. The number of likely N-dealkylation sites (tertiary alicyclic amines) is 1. The molecule has 0 spiro atoms. The molecule has 1 fully saturated rings. The van der Waals surface area contributed by atoms with E-state index in [0.717, 1.165) is 36.5 Å². The summed E-state index contributed by atoms with van der Waals surface area (Å²) in [5.74, 6) is -1.72. The number of likely N-dealkylation sites (N-methyl/N-ethyl adjacent to an activating group) is 1. The number of fused-ring (bicyclic) bond motifs is 3. The lowest BCUT2D eigenvalue weighted by Gasteiger charge is -2.50. The number of benzene rings is 2. The van der Waals surface area contributed by atoms with Gasteiger partial charge in [-0.15, -0.1) is 0 Å². The predicted molar refractivity (Wildman–Crippen MR) is 99.9 cm³/mol. The van der Waals surface area contributed by atoms with Gasteiger partial charge in [0.2, 0.25) is 11.7 Å². The van der Waals surface area contributed by atoms with Crippen LogP contribution in [-0.2, 0) is 16.6 Å². The Bertz CT molecular complexity index is 1010. The molecule has 4 rings (SSSR count). The molecule has 7 heteroatoms. The zero-order valence-corrected chi connectivity index (χ0v) is 15.7. The topological polar surface area (TPSA) is 63.5 Å². The van der Waals surface area contributed by atoms with E-state index in [9.17, 15) is 23.7 Å². The molecular formula is C21H20F2N2O3. The van der Waals surface area contributed by atoms with Gasteiger partial charge < -0.3 is 4.90 Å². The minimum Gasteiger partial charge on any atom is -0.342 e. The zero-order valence-electron chi connectivity index (χ0n) is 15.7. The highest BCUT2D eigenvalue weighted by atomic mass is 19.1. The summed E-state index contributed by atoms with van der Waals surface area (Å²) < 4.78 is 28.5. The molecule has 2 atom stereocenters. The van der Waals surface area contributed by atoms with Gasteiger partial charge in [0, 0.05) is 30.5 Å². The maximum Gasteiger partial charge on any atom is 0.307 e. The first kappa shape index (κ1) is 18.5. The molecule has 1 saturated heterocycles. The smallest absolute Gasteiger partial charge is 0.307 e. The second-order valence-corrected chi connectivity index (χ2v) is 7.89. The van der Waals surface area contributed by atoms with Crippen molar-refractivity contribution in [1.29, 1.82) is 0 Å². The van der Waals surface area contributed by atoms with E-state index in [0.29, 0.717) is 18.1 Å². The summed E-state index contributed by atoms with van der Waals surface area (Å²) in [5, 5.41) is 10.8. The maximum absolute atomic E-state index is 14.4. The third-order valence-corrected chi connectivity index (χ3v) is 6.41. The first-order chi connectivity index (χ1) is 13.2.